The molecule has 2 saturated heterocycles. The summed E-state index contributed by atoms with van der Waals surface area (Å²) in [5.41, 5.74) is 5.54. The predicted molar refractivity (Wildman–Crippen MR) is 61.6 cm³/mol. The monoisotopic (exact) mass is 257 g/mol. The number of ether oxygens (including phenoxy) is 2. The lowest BCUT2D eigenvalue weighted by molar-refractivity contribution is 0.0677. The van der Waals surface area contributed by atoms with Crippen molar-refractivity contribution < 1.29 is 14.0 Å². The van der Waals surface area contributed by atoms with Gasteiger partial charge in [-0.3, -0.25) is 0 Å². The number of thioether (sulfide) groups is 1. The highest BCUT2D eigenvalue weighted by Gasteiger charge is 2.38. The molecule has 2 N–H and O–H groups in total. The summed E-state index contributed by atoms with van der Waals surface area (Å²) in [4.78, 5) is 4.37. The lowest BCUT2D eigenvalue weighted by atomic mass is 10.0. The normalized spacial score (nSPS) is 34.1. The van der Waals surface area contributed by atoms with Crippen LogP contribution in [0.2, 0.25) is 0 Å². The maximum absolute atomic E-state index is 6.16. The average molecular weight is 257 g/mol. The van der Waals surface area contributed by atoms with E-state index in [1.165, 1.54) is 0 Å². The van der Waals surface area contributed by atoms with E-state index in [1.54, 1.807) is 0 Å². The Labute approximate surface area is 103 Å². The Balaban J connectivity index is 1.77. The van der Waals surface area contributed by atoms with Crippen molar-refractivity contribution in [2.24, 2.45) is 5.73 Å². The first-order valence-electron chi connectivity index (χ1n) is 5.68. The molecule has 0 saturated carbocycles. The molecule has 0 amide bonds. The number of rotatable bonds is 2. The molecule has 2 unspecified atom stereocenters. The Morgan fingerprint density at radius 1 is 1.41 bits per heavy atom. The maximum Gasteiger partial charge on any atom is 0.249 e. The molecule has 1 aromatic heterocycles. The third-order valence-electron chi connectivity index (χ3n) is 3.02. The first-order chi connectivity index (χ1) is 8.28. The van der Waals surface area contributed by atoms with Gasteiger partial charge in [0.25, 0.3) is 0 Å². The second-order valence-corrected chi connectivity index (χ2v) is 5.50. The largest absolute Gasteiger partial charge is 0.379 e. The molecule has 3 rings (SSSR count). The fourth-order valence-corrected chi connectivity index (χ4v) is 2.79. The molecule has 3 heterocycles. The van der Waals surface area contributed by atoms with Gasteiger partial charge in [-0.25, -0.2) is 0 Å². The minimum absolute atomic E-state index is 0.0721. The van der Waals surface area contributed by atoms with E-state index >= 15 is 0 Å². The summed E-state index contributed by atoms with van der Waals surface area (Å²) in [7, 11) is 0. The number of hydrogen-bond donors (Lipinski definition) is 1. The van der Waals surface area contributed by atoms with Crippen LogP contribution in [0.3, 0.4) is 0 Å². The van der Waals surface area contributed by atoms with Crippen LogP contribution in [0.1, 0.15) is 24.2 Å². The zero-order chi connectivity index (χ0) is 11.7. The van der Waals surface area contributed by atoms with Crippen LogP contribution in [0.5, 0.6) is 0 Å². The summed E-state index contributed by atoms with van der Waals surface area (Å²) in [6.45, 7) is 1.81. The Bertz CT molecular complexity index is 386. The summed E-state index contributed by atoms with van der Waals surface area (Å²) in [6.07, 6.45) is 0.645. The molecular formula is C10H15N3O3S. The highest BCUT2D eigenvalue weighted by molar-refractivity contribution is 7.99. The van der Waals surface area contributed by atoms with Crippen molar-refractivity contribution in [2.45, 2.75) is 18.1 Å². The molecule has 0 bridgehead atoms. The molecule has 17 heavy (non-hydrogen) atoms. The highest BCUT2D eigenvalue weighted by Crippen LogP contribution is 2.29. The van der Waals surface area contributed by atoms with Crippen molar-refractivity contribution in [3.8, 4) is 0 Å². The summed E-state index contributed by atoms with van der Waals surface area (Å²) in [6, 6.07) is 0. The van der Waals surface area contributed by atoms with Crippen LogP contribution >= 0.6 is 11.8 Å². The molecule has 2 fully saturated rings. The Morgan fingerprint density at radius 3 is 3.06 bits per heavy atom. The Hall–Kier alpha value is -0.630. The van der Waals surface area contributed by atoms with Crippen molar-refractivity contribution in [1.82, 2.24) is 10.1 Å². The third-order valence-corrected chi connectivity index (χ3v) is 4.02. The van der Waals surface area contributed by atoms with Crippen molar-refractivity contribution in [3.05, 3.63) is 11.7 Å². The van der Waals surface area contributed by atoms with Crippen LogP contribution in [0.4, 0.5) is 0 Å². The van der Waals surface area contributed by atoms with Crippen LogP contribution in [-0.2, 0) is 15.0 Å². The van der Waals surface area contributed by atoms with Crippen LogP contribution < -0.4 is 5.73 Å². The van der Waals surface area contributed by atoms with Crippen LogP contribution in [0.15, 0.2) is 4.52 Å². The van der Waals surface area contributed by atoms with E-state index in [0.29, 0.717) is 24.9 Å². The van der Waals surface area contributed by atoms with Crippen molar-refractivity contribution in [3.63, 3.8) is 0 Å². The van der Waals surface area contributed by atoms with Gasteiger partial charge in [0.15, 0.2) is 0 Å². The zero-order valence-corrected chi connectivity index (χ0v) is 10.2. The van der Waals surface area contributed by atoms with Gasteiger partial charge in [0.05, 0.1) is 13.2 Å². The number of hydrogen-bond acceptors (Lipinski definition) is 7. The van der Waals surface area contributed by atoms with Gasteiger partial charge in [-0.05, 0) is 6.42 Å². The fraction of sp³-hybridized carbons (Fsp3) is 0.800. The van der Waals surface area contributed by atoms with E-state index in [1.807, 2.05) is 11.8 Å². The van der Waals surface area contributed by atoms with Crippen LogP contribution in [0.25, 0.3) is 0 Å². The summed E-state index contributed by atoms with van der Waals surface area (Å²) < 4.78 is 16.1. The lowest BCUT2D eigenvalue weighted by Gasteiger charge is -2.19. The second-order valence-electron chi connectivity index (χ2n) is 4.35. The SMILES string of the molecule is NC1(c2nc(C3CSCCO3)no2)CCOC1. The number of nitrogens with zero attached hydrogens (tertiary/aromatic N) is 2. The van der Waals surface area contributed by atoms with E-state index < -0.39 is 5.54 Å². The minimum atomic E-state index is -0.618. The molecular weight excluding hydrogens is 242 g/mol. The standard InChI is InChI=1S/C10H15N3O3S/c11-10(1-2-14-6-10)9-12-8(13-16-9)7-5-17-4-3-15-7/h7H,1-6,11H2. The van der Waals surface area contributed by atoms with E-state index in [0.717, 1.165) is 24.5 Å². The predicted octanol–water partition coefficient (Wildman–Crippen LogP) is 0.448. The van der Waals surface area contributed by atoms with E-state index in [-0.39, 0.29) is 6.10 Å². The third kappa shape index (κ3) is 2.20. The smallest absolute Gasteiger partial charge is 0.249 e. The van der Waals surface area contributed by atoms with E-state index in [2.05, 4.69) is 10.1 Å². The average Bonchev–Trinajstić information content (AvgIpc) is 2.99. The topological polar surface area (TPSA) is 83.4 Å². The van der Waals surface area contributed by atoms with Gasteiger partial charge in [-0.2, -0.15) is 16.7 Å². The van der Waals surface area contributed by atoms with E-state index in [9.17, 15) is 0 Å². The lowest BCUT2D eigenvalue weighted by Crippen LogP contribution is -2.37. The van der Waals surface area contributed by atoms with Gasteiger partial charge < -0.3 is 19.7 Å². The quantitative estimate of drug-likeness (QED) is 0.823. The summed E-state index contributed by atoms with van der Waals surface area (Å²) in [5.74, 6) is 2.95. The number of aromatic nitrogens is 2. The van der Waals surface area contributed by atoms with Gasteiger partial charge in [0, 0.05) is 18.1 Å². The molecule has 6 nitrogen and oxygen atoms in total. The second kappa shape index (κ2) is 4.56. The molecule has 0 aromatic carbocycles. The molecule has 0 radical (unpaired) electrons. The van der Waals surface area contributed by atoms with Gasteiger partial charge in [0.1, 0.15) is 11.6 Å². The van der Waals surface area contributed by atoms with Gasteiger partial charge in [-0.1, -0.05) is 5.16 Å². The zero-order valence-electron chi connectivity index (χ0n) is 9.42. The molecule has 7 heteroatoms. The van der Waals surface area contributed by atoms with Gasteiger partial charge >= 0.3 is 0 Å². The molecule has 0 spiro atoms. The fourth-order valence-electron chi connectivity index (χ4n) is 1.95. The van der Waals surface area contributed by atoms with Crippen LogP contribution in [-0.4, -0.2) is 41.5 Å². The van der Waals surface area contributed by atoms with Crippen molar-refractivity contribution in [1.29, 1.82) is 0 Å². The van der Waals surface area contributed by atoms with Gasteiger partial charge in [-0.15, -0.1) is 0 Å². The Kier molecular flexibility index (Phi) is 3.08. The molecule has 2 aliphatic heterocycles. The summed E-state index contributed by atoms with van der Waals surface area (Å²) in [5, 5.41) is 3.97. The molecule has 0 aliphatic carbocycles. The van der Waals surface area contributed by atoms with E-state index in [4.69, 9.17) is 19.7 Å². The minimum Gasteiger partial charge on any atom is -0.379 e. The van der Waals surface area contributed by atoms with Crippen molar-refractivity contribution in [2.75, 3.05) is 31.3 Å². The number of nitrogens with two attached hydrogens (primary N) is 1. The van der Waals surface area contributed by atoms with Gasteiger partial charge in [0.2, 0.25) is 11.7 Å². The summed E-state index contributed by atoms with van der Waals surface area (Å²) >= 11 is 1.84. The molecule has 1 aromatic rings. The first kappa shape index (κ1) is 11.5. The molecule has 2 aliphatic rings. The molecule has 94 valence electrons. The highest BCUT2D eigenvalue weighted by atomic mass is 32.2. The first-order valence-corrected chi connectivity index (χ1v) is 6.83. The Morgan fingerprint density at radius 2 is 2.35 bits per heavy atom. The van der Waals surface area contributed by atoms with Crippen molar-refractivity contribution >= 4 is 11.8 Å². The van der Waals surface area contributed by atoms with Crippen LogP contribution in [0, 0.1) is 0 Å². The molecule has 2 atom stereocenters. The maximum atomic E-state index is 6.16.